The Morgan fingerprint density at radius 3 is 2.65 bits per heavy atom. The largest absolute Gasteiger partial charge is 0.379 e. The Kier molecular flexibility index (Phi) is 6.08. The van der Waals surface area contributed by atoms with Crippen molar-refractivity contribution in [2.75, 3.05) is 32.8 Å². The third-order valence-corrected chi connectivity index (χ3v) is 4.67. The van der Waals surface area contributed by atoms with E-state index in [0.29, 0.717) is 24.8 Å². The van der Waals surface area contributed by atoms with Crippen molar-refractivity contribution in [3.8, 4) is 5.69 Å². The Morgan fingerprint density at radius 1 is 1.27 bits per heavy atom. The second-order valence-corrected chi connectivity index (χ2v) is 6.76. The quantitative estimate of drug-likeness (QED) is 0.646. The molecule has 26 heavy (non-hydrogen) atoms. The van der Waals surface area contributed by atoms with E-state index in [4.69, 9.17) is 16.3 Å². The van der Waals surface area contributed by atoms with Crippen LogP contribution in [0.15, 0.2) is 35.4 Å². The number of hydrogen-bond acceptors (Lipinski definition) is 4. The zero-order valence-electron chi connectivity index (χ0n) is 15.0. The molecule has 1 aliphatic heterocycles. The van der Waals surface area contributed by atoms with Gasteiger partial charge in [-0.15, -0.1) is 0 Å². The molecular formula is C19H23ClN4O2. The highest BCUT2D eigenvalue weighted by molar-refractivity contribution is 6.30. The van der Waals surface area contributed by atoms with Gasteiger partial charge in [0.25, 0.3) is 5.91 Å². The second kappa shape index (κ2) is 8.49. The number of benzene rings is 1. The Morgan fingerprint density at radius 2 is 1.96 bits per heavy atom. The molecule has 2 heterocycles. The van der Waals surface area contributed by atoms with Gasteiger partial charge in [-0.2, -0.15) is 5.10 Å². The van der Waals surface area contributed by atoms with Crippen LogP contribution in [0.1, 0.15) is 17.0 Å². The van der Waals surface area contributed by atoms with Gasteiger partial charge in [0.1, 0.15) is 0 Å². The van der Waals surface area contributed by atoms with Gasteiger partial charge in [0.2, 0.25) is 0 Å². The normalized spacial score (nSPS) is 15.5. The van der Waals surface area contributed by atoms with Crippen molar-refractivity contribution in [1.82, 2.24) is 14.9 Å². The van der Waals surface area contributed by atoms with E-state index in [9.17, 15) is 4.79 Å². The molecule has 1 saturated heterocycles. The molecule has 7 heteroatoms. The molecule has 1 aromatic carbocycles. The predicted molar refractivity (Wildman–Crippen MR) is 103 cm³/mol. The third kappa shape index (κ3) is 4.52. The fraction of sp³-hybridized carbons (Fsp3) is 0.368. The maximum absolute atomic E-state index is 12.0. The highest BCUT2D eigenvalue weighted by Gasteiger charge is 2.14. The molecule has 0 spiro atoms. The van der Waals surface area contributed by atoms with Crippen LogP contribution in [0.4, 0.5) is 0 Å². The van der Waals surface area contributed by atoms with Gasteiger partial charge in [0.05, 0.1) is 26.0 Å². The zero-order valence-corrected chi connectivity index (χ0v) is 15.8. The molecule has 0 unspecified atom stereocenters. The van der Waals surface area contributed by atoms with Gasteiger partial charge in [0.15, 0.2) is 0 Å². The molecule has 0 radical (unpaired) electrons. The van der Waals surface area contributed by atoms with Gasteiger partial charge in [0, 0.05) is 40.8 Å². The lowest BCUT2D eigenvalue weighted by atomic mass is 10.2. The number of aromatic nitrogens is 1. The average Bonchev–Trinajstić information content (AvgIpc) is 2.90. The Balaban J connectivity index is 1.64. The van der Waals surface area contributed by atoms with Gasteiger partial charge in [-0.3, -0.25) is 9.69 Å². The first-order valence-electron chi connectivity index (χ1n) is 8.61. The first kappa shape index (κ1) is 18.6. The topological polar surface area (TPSA) is 58.9 Å². The van der Waals surface area contributed by atoms with Gasteiger partial charge in [-0.25, -0.2) is 5.43 Å². The Bertz CT molecular complexity index is 793. The number of hydrazone groups is 1. The standard InChI is InChI=1S/C19H23ClN4O2/c1-14-11-16(15(2)24(14)18-5-3-17(20)4-6-18)12-21-22-19(25)13-23-7-9-26-10-8-23/h3-6,11-12H,7-10,13H2,1-2H3,(H,22,25)/b21-12-. The molecule has 1 fully saturated rings. The highest BCUT2D eigenvalue weighted by atomic mass is 35.5. The minimum Gasteiger partial charge on any atom is -0.379 e. The van der Waals surface area contributed by atoms with E-state index >= 15 is 0 Å². The summed E-state index contributed by atoms with van der Waals surface area (Å²) in [7, 11) is 0. The van der Waals surface area contributed by atoms with Crippen LogP contribution in [0.2, 0.25) is 5.02 Å². The molecule has 1 aromatic heterocycles. The summed E-state index contributed by atoms with van der Waals surface area (Å²) < 4.78 is 7.41. The number of aryl methyl sites for hydroxylation is 1. The van der Waals surface area contributed by atoms with Crippen LogP contribution in [-0.2, 0) is 9.53 Å². The number of amides is 1. The number of rotatable bonds is 5. The summed E-state index contributed by atoms with van der Waals surface area (Å²) in [6, 6.07) is 9.74. The smallest absolute Gasteiger partial charge is 0.254 e. The zero-order chi connectivity index (χ0) is 18.5. The monoisotopic (exact) mass is 374 g/mol. The molecule has 0 saturated carbocycles. The Hall–Kier alpha value is -2.15. The van der Waals surface area contributed by atoms with Gasteiger partial charge in [-0.1, -0.05) is 11.6 Å². The van der Waals surface area contributed by atoms with Crippen LogP contribution >= 0.6 is 11.6 Å². The fourth-order valence-corrected chi connectivity index (χ4v) is 3.20. The van der Waals surface area contributed by atoms with E-state index in [1.807, 2.05) is 44.2 Å². The fourth-order valence-electron chi connectivity index (χ4n) is 3.08. The molecule has 0 aliphatic carbocycles. The maximum atomic E-state index is 12.0. The maximum Gasteiger partial charge on any atom is 0.254 e. The van der Waals surface area contributed by atoms with Crippen LogP contribution in [-0.4, -0.2) is 54.4 Å². The van der Waals surface area contributed by atoms with E-state index in [1.165, 1.54) is 0 Å². The molecule has 0 bridgehead atoms. The second-order valence-electron chi connectivity index (χ2n) is 6.32. The summed E-state index contributed by atoms with van der Waals surface area (Å²) in [5.41, 5.74) is 6.75. The average molecular weight is 375 g/mol. The van der Waals surface area contributed by atoms with E-state index in [1.54, 1.807) is 6.21 Å². The van der Waals surface area contributed by atoms with Crippen molar-refractivity contribution in [3.05, 3.63) is 52.3 Å². The SMILES string of the molecule is Cc1cc(/C=N\NC(=O)CN2CCOCC2)c(C)n1-c1ccc(Cl)cc1. The van der Waals surface area contributed by atoms with Crippen molar-refractivity contribution in [1.29, 1.82) is 0 Å². The molecular weight excluding hydrogens is 352 g/mol. The predicted octanol–water partition coefficient (Wildman–Crippen LogP) is 2.53. The number of carbonyl (C=O) groups is 1. The molecule has 1 aliphatic rings. The summed E-state index contributed by atoms with van der Waals surface area (Å²) in [5, 5.41) is 4.82. The molecule has 3 rings (SSSR count). The molecule has 1 N–H and O–H groups in total. The van der Waals surface area contributed by atoms with Crippen molar-refractivity contribution in [3.63, 3.8) is 0 Å². The number of nitrogens with one attached hydrogen (secondary N) is 1. The minimum atomic E-state index is -0.116. The first-order valence-corrected chi connectivity index (χ1v) is 8.99. The lowest BCUT2D eigenvalue weighted by Gasteiger charge is -2.25. The van der Waals surface area contributed by atoms with Crippen molar-refractivity contribution in [2.45, 2.75) is 13.8 Å². The summed E-state index contributed by atoms with van der Waals surface area (Å²) >= 11 is 5.97. The molecule has 2 aromatic rings. The van der Waals surface area contributed by atoms with Crippen LogP contribution in [0.5, 0.6) is 0 Å². The van der Waals surface area contributed by atoms with Crippen LogP contribution in [0.25, 0.3) is 5.69 Å². The minimum absolute atomic E-state index is 0.116. The van der Waals surface area contributed by atoms with Crippen molar-refractivity contribution in [2.24, 2.45) is 5.10 Å². The van der Waals surface area contributed by atoms with E-state index in [-0.39, 0.29) is 5.91 Å². The molecule has 1 amide bonds. The number of hydrogen-bond donors (Lipinski definition) is 1. The van der Waals surface area contributed by atoms with Crippen LogP contribution in [0.3, 0.4) is 0 Å². The molecule has 138 valence electrons. The van der Waals surface area contributed by atoms with E-state index < -0.39 is 0 Å². The number of carbonyl (C=O) groups excluding carboxylic acids is 1. The van der Waals surface area contributed by atoms with Crippen molar-refractivity contribution < 1.29 is 9.53 Å². The van der Waals surface area contributed by atoms with Crippen molar-refractivity contribution >= 4 is 23.7 Å². The van der Waals surface area contributed by atoms with Gasteiger partial charge < -0.3 is 9.30 Å². The summed E-state index contributed by atoms with van der Waals surface area (Å²) in [6.07, 6.45) is 1.69. The van der Waals surface area contributed by atoms with E-state index in [0.717, 1.165) is 35.7 Å². The van der Waals surface area contributed by atoms with Crippen LogP contribution in [0, 0.1) is 13.8 Å². The third-order valence-electron chi connectivity index (χ3n) is 4.42. The highest BCUT2D eigenvalue weighted by Crippen LogP contribution is 2.21. The molecule has 0 atom stereocenters. The molecule has 6 nitrogen and oxygen atoms in total. The lowest BCUT2D eigenvalue weighted by molar-refractivity contribution is -0.123. The summed E-state index contributed by atoms with van der Waals surface area (Å²) in [4.78, 5) is 14.0. The van der Waals surface area contributed by atoms with Gasteiger partial charge in [-0.05, 0) is 44.2 Å². The number of morpholine rings is 1. The summed E-state index contributed by atoms with van der Waals surface area (Å²) in [6.45, 7) is 7.30. The number of halogens is 1. The number of nitrogens with zero attached hydrogens (tertiary/aromatic N) is 3. The van der Waals surface area contributed by atoms with E-state index in [2.05, 4.69) is 20.0 Å². The summed E-state index contributed by atoms with van der Waals surface area (Å²) in [5.74, 6) is -0.116. The van der Waals surface area contributed by atoms with Gasteiger partial charge >= 0.3 is 0 Å². The number of ether oxygens (including phenoxy) is 1. The lowest BCUT2D eigenvalue weighted by Crippen LogP contribution is -2.42. The first-order chi connectivity index (χ1) is 12.5. The van der Waals surface area contributed by atoms with Crippen LogP contribution < -0.4 is 5.43 Å². The Labute approximate surface area is 158 Å².